The molecule has 2 amide bonds. The van der Waals surface area contributed by atoms with Gasteiger partial charge in [-0.3, -0.25) is 4.90 Å². The molecule has 1 saturated heterocycles. The van der Waals surface area contributed by atoms with Crippen LogP contribution in [-0.2, 0) is 4.74 Å². The van der Waals surface area contributed by atoms with Crippen molar-refractivity contribution in [1.29, 1.82) is 0 Å². The highest BCUT2D eigenvalue weighted by Gasteiger charge is 2.38. The van der Waals surface area contributed by atoms with Gasteiger partial charge in [0.25, 0.3) is 0 Å². The molecule has 0 radical (unpaired) electrons. The number of ether oxygens (including phenoxy) is 2. The average Bonchev–Trinajstić information content (AvgIpc) is 2.69. The molecule has 27 heavy (non-hydrogen) atoms. The van der Waals surface area contributed by atoms with E-state index < -0.39 is 0 Å². The van der Waals surface area contributed by atoms with E-state index in [0.29, 0.717) is 18.0 Å². The topological polar surface area (TPSA) is 62.8 Å². The number of morpholine rings is 1. The molecule has 1 aromatic rings. The van der Waals surface area contributed by atoms with Crippen LogP contribution >= 0.6 is 0 Å². The van der Waals surface area contributed by atoms with Crippen LogP contribution in [0.15, 0.2) is 24.3 Å². The monoisotopic (exact) mass is 375 g/mol. The van der Waals surface area contributed by atoms with Crippen molar-refractivity contribution in [2.45, 2.75) is 57.6 Å². The Morgan fingerprint density at radius 1 is 1.19 bits per heavy atom. The second-order valence-electron chi connectivity index (χ2n) is 7.85. The second kappa shape index (κ2) is 9.42. The molecule has 150 valence electrons. The van der Waals surface area contributed by atoms with Crippen molar-refractivity contribution in [3.05, 3.63) is 24.3 Å². The molecular formula is C21H33N3O3. The number of rotatable bonds is 6. The second-order valence-corrected chi connectivity index (χ2v) is 7.85. The van der Waals surface area contributed by atoms with Gasteiger partial charge in [-0.1, -0.05) is 31.4 Å². The van der Waals surface area contributed by atoms with Crippen LogP contribution in [0.5, 0.6) is 5.75 Å². The molecule has 2 N–H and O–H groups in total. The van der Waals surface area contributed by atoms with Crippen molar-refractivity contribution in [3.63, 3.8) is 0 Å². The molecule has 1 saturated carbocycles. The van der Waals surface area contributed by atoms with Gasteiger partial charge >= 0.3 is 6.03 Å². The normalized spacial score (nSPS) is 20.3. The summed E-state index contributed by atoms with van der Waals surface area (Å²) in [6.07, 6.45) is 6.08. The fourth-order valence-corrected chi connectivity index (χ4v) is 4.19. The van der Waals surface area contributed by atoms with Gasteiger partial charge in [0, 0.05) is 25.2 Å². The predicted octanol–water partition coefficient (Wildman–Crippen LogP) is 3.63. The molecule has 2 aliphatic rings. The third-order valence-corrected chi connectivity index (χ3v) is 5.54. The van der Waals surface area contributed by atoms with Gasteiger partial charge in [-0.25, -0.2) is 4.79 Å². The summed E-state index contributed by atoms with van der Waals surface area (Å²) in [5, 5.41) is 6.09. The average molecular weight is 376 g/mol. The maximum absolute atomic E-state index is 12.6. The van der Waals surface area contributed by atoms with E-state index in [9.17, 15) is 4.79 Å². The molecule has 3 rings (SSSR count). The van der Waals surface area contributed by atoms with Gasteiger partial charge in [0.2, 0.25) is 0 Å². The van der Waals surface area contributed by atoms with Crippen molar-refractivity contribution in [2.75, 3.05) is 38.2 Å². The number of amides is 2. The lowest BCUT2D eigenvalue weighted by molar-refractivity contribution is -0.0356. The molecule has 6 heteroatoms. The van der Waals surface area contributed by atoms with Gasteiger partial charge in [-0.05, 0) is 38.8 Å². The maximum atomic E-state index is 12.6. The van der Waals surface area contributed by atoms with Crippen molar-refractivity contribution in [1.82, 2.24) is 10.2 Å². The Morgan fingerprint density at radius 2 is 1.89 bits per heavy atom. The van der Waals surface area contributed by atoms with Crippen LogP contribution in [0.25, 0.3) is 0 Å². The number of nitrogens with one attached hydrogen (secondary N) is 2. The van der Waals surface area contributed by atoms with Crippen molar-refractivity contribution in [3.8, 4) is 5.75 Å². The molecule has 1 aromatic carbocycles. The zero-order valence-electron chi connectivity index (χ0n) is 16.6. The minimum atomic E-state index is -0.173. The number of urea groups is 1. The summed E-state index contributed by atoms with van der Waals surface area (Å²) >= 11 is 0. The SMILES string of the molecule is CC(C)Oc1ccccc1NC(=O)NCC1(N2CCOCC2)CCCCC1. The van der Waals surface area contributed by atoms with E-state index in [4.69, 9.17) is 9.47 Å². The number of para-hydroxylation sites is 2. The summed E-state index contributed by atoms with van der Waals surface area (Å²) in [5.41, 5.74) is 0.764. The van der Waals surface area contributed by atoms with Crippen LogP contribution in [0.4, 0.5) is 10.5 Å². The first-order valence-electron chi connectivity index (χ1n) is 10.2. The third-order valence-electron chi connectivity index (χ3n) is 5.54. The van der Waals surface area contributed by atoms with Crippen LogP contribution in [-0.4, -0.2) is 55.4 Å². The van der Waals surface area contributed by atoms with Gasteiger partial charge in [-0.2, -0.15) is 0 Å². The van der Waals surface area contributed by atoms with E-state index in [-0.39, 0.29) is 17.7 Å². The number of nitrogens with zero attached hydrogens (tertiary/aromatic N) is 1. The largest absolute Gasteiger partial charge is 0.489 e. The molecule has 1 heterocycles. The van der Waals surface area contributed by atoms with Gasteiger partial charge < -0.3 is 20.1 Å². The van der Waals surface area contributed by atoms with Crippen LogP contribution < -0.4 is 15.4 Å². The van der Waals surface area contributed by atoms with Gasteiger partial charge in [0.05, 0.1) is 25.0 Å². The van der Waals surface area contributed by atoms with Gasteiger partial charge in [0.1, 0.15) is 5.75 Å². The van der Waals surface area contributed by atoms with Crippen LogP contribution in [0.1, 0.15) is 46.0 Å². The Morgan fingerprint density at radius 3 is 2.59 bits per heavy atom. The van der Waals surface area contributed by atoms with E-state index in [1.807, 2.05) is 38.1 Å². The Bertz CT molecular complexity index is 608. The number of anilines is 1. The standard InChI is InChI=1S/C21H33N3O3/c1-17(2)27-19-9-5-4-8-18(19)23-20(25)22-16-21(10-6-3-7-11-21)24-12-14-26-15-13-24/h4-5,8-9,17H,3,6-7,10-16H2,1-2H3,(H2,22,23,25). The minimum absolute atomic E-state index is 0.0582. The zero-order chi connectivity index (χ0) is 19.1. The van der Waals surface area contributed by atoms with Crippen molar-refractivity contribution in [2.24, 2.45) is 0 Å². The molecule has 6 nitrogen and oxygen atoms in total. The van der Waals surface area contributed by atoms with Gasteiger partial charge in [-0.15, -0.1) is 0 Å². The van der Waals surface area contributed by atoms with E-state index in [2.05, 4.69) is 15.5 Å². The summed E-state index contributed by atoms with van der Waals surface area (Å²) in [4.78, 5) is 15.1. The molecule has 0 aromatic heterocycles. The first kappa shape index (κ1) is 20.0. The summed E-state index contributed by atoms with van der Waals surface area (Å²) in [6.45, 7) is 8.11. The molecule has 1 aliphatic carbocycles. The highest BCUT2D eigenvalue weighted by atomic mass is 16.5. The van der Waals surface area contributed by atoms with Crippen LogP contribution in [0.2, 0.25) is 0 Å². The quantitative estimate of drug-likeness (QED) is 0.797. The summed E-state index contributed by atoms with van der Waals surface area (Å²) < 4.78 is 11.3. The molecule has 1 aliphatic heterocycles. The van der Waals surface area contributed by atoms with E-state index in [1.54, 1.807) is 0 Å². The zero-order valence-corrected chi connectivity index (χ0v) is 16.6. The summed E-state index contributed by atoms with van der Waals surface area (Å²) in [7, 11) is 0. The Balaban J connectivity index is 1.61. The molecule has 2 fully saturated rings. The van der Waals surface area contributed by atoms with Crippen LogP contribution in [0.3, 0.4) is 0 Å². The number of hydrogen-bond acceptors (Lipinski definition) is 4. The number of carbonyl (C=O) groups excluding carboxylic acids is 1. The summed E-state index contributed by atoms with van der Waals surface area (Å²) in [5.74, 6) is 0.697. The first-order valence-corrected chi connectivity index (χ1v) is 10.2. The lowest BCUT2D eigenvalue weighted by Gasteiger charge is -2.48. The molecule has 0 atom stereocenters. The number of carbonyl (C=O) groups is 1. The summed E-state index contributed by atoms with van der Waals surface area (Å²) in [6, 6.07) is 7.39. The Labute approximate surface area is 162 Å². The highest BCUT2D eigenvalue weighted by Crippen LogP contribution is 2.34. The van der Waals surface area contributed by atoms with E-state index in [1.165, 1.54) is 19.3 Å². The van der Waals surface area contributed by atoms with Crippen LogP contribution in [0, 0.1) is 0 Å². The van der Waals surface area contributed by atoms with Crippen molar-refractivity contribution < 1.29 is 14.3 Å². The van der Waals surface area contributed by atoms with Gasteiger partial charge in [0.15, 0.2) is 0 Å². The Hall–Kier alpha value is -1.79. The lowest BCUT2D eigenvalue weighted by Crippen LogP contribution is -2.60. The number of benzene rings is 1. The third kappa shape index (κ3) is 5.36. The lowest BCUT2D eigenvalue weighted by atomic mass is 9.80. The predicted molar refractivity (Wildman–Crippen MR) is 107 cm³/mol. The Kier molecular flexibility index (Phi) is 6.96. The first-order chi connectivity index (χ1) is 13.1. The van der Waals surface area contributed by atoms with E-state index in [0.717, 1.165) is 39.1 Å². The number of hydrogen-bond donors (Lipinski definition) is 2. The fraction of sp³-hybridized carbons (Fsp3) is 0.667. The smallest absolute Gasteiger partial charge is 0.319 e. The van der Waals surface area contributed by atoms with E-state index >= 15 is 0 Å². The minimum Gasteiger partial charge on any atom is -0.489 e. The maximum Gasteiger partial charge on any atom is 0.319 e. The molecule has 0 spiro atoms. The molecular weight excluding hydrogens is 342 g/mol. The molecule has 0 bridgehead atoms. The van der Waals surface area contributed by atoms with Crippen molar-refractivity contribution >= 4 is 11.7 Å². The molecule has 0 unspecified atom stereocenters. The fourth-order valence-electron chi connectivity index (χ4n) is 4.19. The highest BCUT2D eigenvalue weighted by molar-refractivity contribution is 5.90.